The number of carbonyl (C=O) groups is 1. The topological polar surface area (TPSA) is 29.1 Å². The molecule has 0 saturated carbocycles. The molecule has 0 heterocycles. The molecule has 0 unspecified atom stereocenters. The third kappa shape index (κ3) is 4.66. The molecule has 0 aliphatic heterocycles. The normalized spacial score (nSPS) is 9.90. The average Bonchev–Trinajstić information content (AvgIpc) is 2.49. The first-order valence-electron chi connectivity index (χ1n) is 6.43. The number of nitrogens with one attached hydrogen (secondary N) is 1. The number of hydrogen-bond donors (Lipinski definition) is 1. The lowest BCUT2D eigenvalue weighted by atomic mass is 10.2. The van der Waals surface area contributed by atoms with E-state index in [2.05, 4.69) is 11.2 Å². The lowest BCUT2D eigenvalue weighted by molar-refractivity contribution is -0.115. The van der Waals surface area contributed by atoms with Crippen LogP contribution in [0.4, 0.5) is 10.1 Å². The zero-order valence-corrected chi connectivity index (χ0v) is 12.1. The van der Waals surface area contributed by atoms with Gasteiger partial charge >= 0.3 is 0 Å². The molecule has 1 amide bonds. The number of rotatable bonds is 5. The van der Waals surface area contributed by atoms with Crippen LogP contribution in [0.5, 0.6) is 0 Å². The van der Waals surface area contributed by atoms with Crippen molar-refractivity contribution in [3.05, 3.63) is 59.9 Å². The van der Waals surface area contributed by atoms with E-state index >= 15 is 0 Å². The summed E-state index contributed by atoms with van der Waals surface area (Å²) < 4.78 is 13.4. The fraction of sp³-hybridized carbons (Fsp3) is 0.118. The molecule has 1 N–H and O–H groups in total. The van der Waals surface area contributed by atoms with Gasteiger partial charge in [-0.2, -0.15) is 0 Å². The minimum atomic E-state index is -0.260. The summed E-state index contributed by atoms with van der Waals surface area (Å²) in [5.41, 5.74) is 1.39. The van der Waals surface area contributed by atoms with Gasteiger partial charge in [0.1, 0.15) is 5.82 Å². The van der Waals surface area contributed by atoms with Crippen LogP contribution in [0.15, 0.2) is 53.4 Å². The highest BCUT2D eigenvalue weighted by molar-refractivity contribution is 7.99. The lowest BCUT2D eigenvalue weighted by Gasteiger charge is -2.06. The minimum absolute atomic E-state index is 0.118. The number of terminal acetylenes is 1. The molecule has 0 radical (unpaired) electrons. The highest BCUT2D eigenvalue weighted by Gasteiger charge is 2.05. The molecule has 2 aromatic rings. The van der Waals surface area contributed by atoms with Crippen molar-refractivity contribution >= 4 is 23.4 Å². The molecule has 21 heavy (non-hydrogen) atoms. The minimum Gasteiger partial charge on any atom is -0.326 e. The summed E-state index contributed by atoms with van der Waals surface area (Å²) in [7, 11) is 0. The van der Waals surface area contributed by atoms with Crippen molar-refractivity contribution in [2.24, 2.45) is 0 Å². The molecule has 2 aromatic carbocycles. The number of carbonyl (C=O) groups excluding carboxylic acids is 1. The summed E-state index contributed by atoms with van der Waals surface area (Å²) >= 11 is 1.33. The van der Waals surface area contributed by atoms with Gasteiger partial charge in [-0.3, -0.25) is 4.79 Å². The van der Waals surface area contributed by atoms with E-state index in [1.54, 1.807) is 42.5 Å². The molecule has 0 saturated heterocycles. The van der Waals surface area contributed by atoms with Crippen LogP contribution in [0.3, 0.4) is 0 Å². The van der Waals surface area contributed by atoms with Crippen molar-refractivity contribution < 1.29 is 9.18 Å². The zero-order valence-electron chi connectivity index (χ0n) is 11.3. The molecule has 4 heteroatoms. The Kier molecular flexibility index (Phi) is 5.42. The van der Waals surface area contributed by atoms with Gasteiger partial charge < -0.3 is 5.32 Å². The van der Waals surface area contributed by atoms with Gasteiger partial charge in [0.05, 0.1) is 0 Å². The predicted octanol–water partition coefficient (Wildman–Crippen LogP) is 3.93. The molecular formula is C17H14FNOS. The van der Waals surface area contributed by atoms with Crippen LogP contribution < -0.4 is 5.32 Å². The van der Waals surface area contributed by atoms with Crippen LogP contribution in [0.25, 0.3) is 0 Å². The molecule has 2 rings (SSSR count). The van der Waals surface area contributed by atoms with Crippen LogP contribution in [0.1, 0.15) is 12.0 Å². The maximum absolute atomic E-state index is 13.4. The second-order valence-electron chi connectivity index (χ2n) is 4.30. The summed E-state index contributed by atoms with van der Waals surface area (Å²) in [4.78, 5) is 12.4. The van der Waals surface area contributed by atoms with Gasteiger partial charge in [0.25, 0.3) is 0 Å². The van der Waals surface area contributed by atoms with Crippen molar-refractivity contribution in [1.82, 2.24) is 0 Å². The van der Waals surface area contributed by atoms with Gasteiger partial charge in [-0.1, -0.05) is 24.1 Å². The second-order valence-corrected chi connectivity index (χ2v) is 5.44. The maximum Gasteiger partial charge on any atom is 0.225 e. The van der Waals surface area contributed by atoms with E-state index in [0.29, 0.717) is 28.3 Å². The summed E-state index contributed by atoms with van der Waals surface area (Å²) in [5, 5.41) is 2.78. The van der Waals surface area contributed by atoms with E-state index in [9.17, 15) is 9.18 Å². The van der Waals surface area contributed by atoms with Crippen molar-refractivity contribution in [3.63, 3.8) is 0 Å². The Hall–Kier alpha value is -2.25. The van der Waals surface area contributed by atoms with E-state index in [1.807, 2.05) is 0 Å². The van der Waals surface area contributed by atoms with Crippen molar-refractivity contribution in [2.75, 3.05) is 11.1 Å². The smallest absolute Gasteiger partial charge is 0.225 e. The van der Waals surface area contributed by atoms with Crippen LogP contribution in [-0.2, 0) is 4.79 Å². The third-order valence-electron chi connectivity index (χ3n) is 2.74. The quantitative estimate of drug-likeness (QED) is 0.669. The SMILES string of the molecule is C#Cc1cccc(NC(=O)CCSc2ccccc2F)c1. The van der Waals surface area contributed by atoms with Gasteiger partial charge in [-0.15, -0.1) is 18.2 Å². The average molecular weight is 299 g/mol. The highest BCUT2D eigenvalue weighted by atomic mass is 32.2. The number of amides is 1. The molecule has 0 bridgehead atoms. The highest BCUT2D eigenvalue weighted by Crippen LogP contribution is 2.22. The second kappa shape index (κ2) is 7.51. The van der Waals surface area contributed by atoms with Gasteiger partial charge in [0.2, 0.25) is 5.91 Å². The Morgan fingerprint density at radius 1 is 1.24 bits per heavy atom. The standard InChI is InChI=1S/C17H14FNOS/c1-2-13-6-5-7-14(12-13)19-17(20)10-11-21-16-9-4-3-8-15(16)18/h1,3-9,12H,10-11H2,(H,19,20). The maximum atomic E-state index is 13.4. The Balaban J connectivity index is 1.83. The summed E-state index contributed by atoms with van der Waals surface area (Å²) in [5.74, 6) is 2.65. The first kappa shape index (κ1) is 15.1. The Bertz CT molecular complexity index is 678. The van der Waals surface area contributed by atoms with Crippen molar-refractivity contribution in [2.45, 2.75) is 11.3 Å². The molecule has 0 fully saturated rings. The van der Waals surface area contributed by atoms with Gasteiger partial charge in [-0.05, 0) is 30.3 Å². The Morgan fingerprint density at radius 2 is 2.05 bits per heavy atom. The molecule has 106 valence electrons. The van der Waals surface area contributed by atoms with Crippen LogP contribution in [0.2, 0.25) is 0 Å². The van der Waals surface area contributed by atoms with E-state index in [4.69, 9.17) is 6.42 Å². The van der Waals surface area contributed by atoms with Crippen LogP contribution >= 0.6 is 11.8 Å². The van der Waals surface area contributed by atoms with E-state index in [0.717, 1.165) is 0 Å². The number of hydrogen-bond acceptors (Lipinski definition) is 2. The largest absolute Gasteiger partial charge is 0.326 e. The monoisotopic (exact) mass is 299 g/mol. The molecule has 0 spiro atoms. The predicted molar refractivity (Wildman–Crippen MR) is 84.7 cm³/mol. The zero-order chi connectivity index (χ0) is 15.1. The fourth-order valence-electron chi connectivity index (χ4n) is 1.73. The van der Waals surface area contributed by atoms with Gasteiger partial charge in [0, 0.05) is 28.3 Å². The fourth-order valence-corrected chi connectivity index (χ4v) is 2.61. The summed E-state index contributed by atoms with van der Waals surface area (Å²) in [6, 6.07) is 13.6. The number of thioether (sulfide) groups is 1. The van der Waals surface area contributed by atoms with E-state index in [-0.39, 0.29) is 11.7 Å². The van der Waals surface area contributed by atoms with Crippen LogP contribution in [0, 0.1) is 18.2 Å². The lowest BCUT2D eigenvalue weighted by Crippen LogP contribution is -2.12. The molecule has 0 aromatic heterocycles. The molecule has 0 aliphatic rings. The summed E-state index contributed by atoms with van der Waals surface area (Å²) in [6.45, 7) is 0. The van der Waals surface area contributed by atoms with Gasteiger partial charge in [-0.25, -0.2) is 4.39 Å². The van der Waals surface area contributed by atoms with E-state index < -0.39 is 0 Å². The van der Waals surface area contributed by atoms with Crippen LogP contribution in [-0.4, -0.2) is 11.7 Å². The molecule has 2 nitrogen and oxygen atoms in total. The number of halogens is 1. The molecular weight excluding hydrogens is 285 g/mol. The number of benzene rings is 2. The first-order valence-corrected chi connectivity index (χ1v) is 7.41. The molecule has 0 atom stereocenters. The Morgan fingerprint density at radius 3 is 2.81 bits per heavy atom. The first-order chi connectivity index (χ1) is 10.2. The van der Waals surface area contributed by atoms with E-state index in [1.165, 1.54) is 17.8 Å². The molecule has 0 aliphatic carbocycles. The third-order valence-corrected chi connectivity index (χ3v) is 3.79. The Labute approximate surface area is 127 Å². The van der Waals surface area contributed by atoms with Crippen molar-refractivity contribution in [1.29, 1.82) is 0 Å². The van der Waals surface area contributed by atoms with Crippen molar-refractivity contribution in [3.8, 4) is 12.3 Å². The van der Waals surface area contributed by atoms with Gasteiger partial charge in [0.15, 0.2) is 0 Å². The number of anilines is 1. The summed E-state index contributed by atoms with van der Waals surface area (Å²) in [6.07, 6.45) is 5.61.